The van der Waals surface area contributed by atoms with Gasteiger partial charge >= 0.3 is 0 Å². The van der Waals surface area contributed by atoms with Gasteiger partial charge in [0.05, 0.1) is 17.0 Å². The Kier molecular flexibility index (Phi) is 4.11. The van der Waals surface area contributed by atoms with Gasteiger partial charge in [-0.25, -0.2) is 13.1 Å². The predicted molar refractivity (Wildman–Crippen MR) is 72.7 cm³/mol. The number of rotatable bonds is 4. The Morgan fingerprint density at radius 3 is 2.28 bits per heavy atom. The quantitative estimate of drug-likeness (QED) is 0.885. The number of hydrogen-bond donors (Lipinski definition) is 2. The van der Waals surface area contributed by atoms with Crippen molar-refractivity contribution in [3.8, 4) is 0 Å². The molecule has 1 aromatic carbocycles. The van der Waals surface area contributed by atoms with Crippen LogP contribution in [-0.2, 0) is 10.0 Å². The van der Waals surface area contributed by atoms with E-state index in [0.29, 0.717) is 12.8 Å². The molecule has 0 amide bonds. The lowest BCUT2D eigenvalue weighted by Gasteiger charge is -2.27. The van der Waals surface area contributed by atoms with E-state index in [-0.39, 0.29) is 11.5 Å². The monoisotopic (exact) mass is 333 g/mol. The molecule has 4 nitrogen and oxygen atoms in total. The first-order valence-corrected chi connectivity index (χ1v) is 8.15. The summed E-state index contributed by atoms with van der Waals surface area (Å²) in [6.45, 7) is -0.150. The van der Waals surface area contributed by atoms with Crippen LogP contribution < -0.4 is 4.72 Å². The van der Waals surface area contributed by atoms with Gasteiger partial charge in [-0.15, -0.1) is 0 Å². The summed E-state index contributed by atoms with van der Waals surface area (Å²) in [6, 6.07) is 6.47. The summed E-state index contributed by atoms with van der Waals surface area (Å²) < 4.78 is 27.9. The summed E-state index contributed by atoms with van der Waals surface area (Å²) in [7, 11) is -3.56. The Balaban J connectivity index is 2.24. The van der Waals surface area contributed by atoms with E-state index < -0.39 is 15.6 Å². The number of aliphatic hydroxyl groups excluding tert-OH is 1. The van der Waals surface area contributed by atoms with Gasteiger partial charge in [0.2, 0.25) is 10.0 Å². The highest BCUT2D eigenvalue weighted by Gasteiger charge is 2.37. The molecule has 0 bridgehead atoms. The first-order valence-electron chi connectivity index (χ1n) is 5.88. The van der Waals surface area contributed by atoms with Crippen LogP contribution in [0.15, 0.2) is 33.6 Å². The van der Waals surface area contributed by atoms with E-state index in [1.54, 1.807) is 24.3 Å². The summed E-state index contributed by atoms with van der Waals surface area (Å²) >= 11 is 3.27. The molecule has 2 N–H and O–H groups in total. The van der Waals surface area contributed by atoms with Crippen LogP contribution in [0.4, 0.5) is 0 Å². The van der Waals surface area contributed by atoms with E-state index in [0.717, 1.165) is 17.3 Å². The van der Waals surface area contributed by atoms with Gasteiger partial charge in [-0.2, -0.15) is 0 Å². The summed E-state index contributed by atoms with van der Waals surface area (Å²) in [5, 5.41) is 9.44. The average Bonchev–Trinajstić information content (AvgIpc) is 2.78. The molecular weight excluding hydrogens is 318 g/mol. The SMILES string of the molecule is O=S(=O)(NC1(CO)CCCC1)c1ccc(Br)cc1. The van der Waals surface area contributed by atoms with E-state index in [1.807, 2.05) is 0 Å². The minimum absolute atomic E-state index is 0.150. The van der Waals surface area contributed by atoms with E-state index in [2.05, 4.69) is 20.7 Å². The number of hydrogen-bond acceptors (Lipinski definition) is 3. The number of halogens is 1. The van der Waals surface area contributed by atoms with Crippen molar-refractivity contribution in [3.05, 3.63) is 28.7 Å². The summed E-state index contributed by atoms with van der Waals surface area (Å²) in [6.07, 6.45) is 3.28. The molecule has 0 radical (unpaired) electrons. The van der Waals surface area contributed by atoms with Gasteiger partial charge in [0.25, 0.3) is 0 Å². The molecule has 2 rings (SSSR count). The smallest absolute Gasteiger partial charge is 0.241 e. The van der Waals surface area contributed by atoms with Crippen LogP contribution in [0.2, 0.25) is 0 Å². The summed E-state index contributed by atoms with van der Waals surface area (Å²) in [5.74, 6) is 0. The molecule has 0 aromatic heterocycles. The van der Waals surface area contributed by atoms with Crippen molar-refractivity contribution < 1.29 is 13.5 Å². The predicted octanol–water partition coefficient (Wildman–Crippen LogP) is 2.03. The van der Waals surface area contributed by atoms with Gasteiger partial charge in [0.15, 0.2) is 0 Å². The van der Waals surface area contributed by atoms with Crippen molar-refractivity contribution in [1.82, 2.24) is 4.72 Å². The molecule has 18 heavy (non-hydrogen) atoms. The molecule has 1 aliphatic rings. The number of benzene rings is 1. The highest BCUT2D eigenvalue weighted by molar-refractivity contribution is 9.10. The fourth-order valence-electron chi connectivity index (χ4n) is 2.30. The molecule has 1 saturated carbocycles. The number of sulfonamides is 1. The molecular formula is C12H16BrNO3S. The zero-order valence-corrected chi connectivity index (χ0v) is 12.3. The van der Waals surface area contributed by atoms with Crippen molar-refractivity contribution in [3.63, 3.8) is 0 Å². The van der Waals surface area contributed by atoms with E-state index in [1.165, 1.54) is 0 Å². The van der Waals surface area contributed by atoms with Crippen molar-refractivity contribution in [2.24, 2.45) is 0 Å². The maximum Gasteiger partial charge on any atom is 0.241 e. The maximum absolute atomic E-state index is 12.2. The third-order valence-corrected chi connectivity index (χ3v) is 5.46. The Morgan fingerprint density at radius 2 is 1.78 bits per heavy atom. The van der Waals surface area contributed by atoms with Gasteiger partial charge < -0.3 is 5.11 Å². The second-order valence-electron chi connectivity index (χ2n) is 4.70. The molecule has 0 aliphatic heterocycles. The van der Waals surface area contributed by atoms with Gasteiger partial charge in [0, 0.05) is 4.47 Å². The fraction of sp³-hybridized carbons (Fsp3) is 0.500. The van der Waals surface area contributed by atoms with Gasteiger partial charge in [-0.3, -0.25) is 0 Å². The lowest BCUT2D eigenvalue weighted by atomic mass is 10.0. The van der Waals surface area contributed by atoms with Crippen molar-refractivity contribution in [1.29, 1.82) is 0 Å². The lowest BCUT2D eigenvalue weighted by Crippen LogP contribution is -2.49. The minimum Gasteiger partial charge on any atom is -0.394 e. The van der Waals surface area contributed by atoms with Gasteiger partial charge in [-0.1, -0.05) is 28.8 Å². The van der Waals surface area contributed by atoms with E-state index in [9.17, 15) is 13.5 Å². The van der Waals surface area contributed by atoms with Gasteiger partial charge in [-0.05, 0) is 37.1 Å². The van der Waals surface area contributed by atoms with Crippen LogP contribution in [-0.4, -0.2) is 25.7 Å². The molecule has 0 atom stereocenters. The highest BCUT2D eigenvalue weighted by Crippen LogP contribution is 2.31. The molecule has 1 aromatic rings. The zero-order valence-electron chi connectivity index (χ0n) is 9.89. The normalized spacial score (nSPS) is 19.0. The van der Waals surface area contributed by atoms with Crippen LogP contribution in [0.3, 0.4) is 0 Å². The average molecular weight is 334 g/mol. The van der Waals surface area contributed by atoms with Gasteiger partial charge in [0.1, 0.15) is 0 Å². The van der Waals surface area contributed by atoms with Crippen molar-refractivity contribution >= 4 is 26.0 Å². The van der Waals surface area contributed by atoms with Crippen LogP contribution in [0.5, 0.6) is 0 Å². The van der Waals surface area contributed by atoms with Crippen molar-refractivity contribution in [2.75, 3.05) is 6.61 Å². The zero-order chi connectivity index (χ0) is 13.2. The minimum atomic E-state index is -3.56. The Morgan fingerprint density at radius 1 is 1.22 bits per heavy atom. The first kappa shape index (κ1) is 14.0. The summed E-state index contributed by atoms with van der Waals surface area (Å²) in [5.41, 5.74) is -0.675. The second-order valence-corrected chi connectivity index (χ2v) is 7.30. The Labute approximate surface area is 116 Å². The molecule has 1 aliphatic carbocycles. The standard InChI is InChI=1S/C12H16BrNO3S/c13-10-3-5-11(6-4-10)18(16,17)14-12(9-15)7-1-2-8-12/h3-6,14-15H,1-2,7-9H2. The fourth-order valence-corrected chi connectivity index (χ4v) is 4.02. The molecule has 6 heteroatoms. The molecule has 100 valence electrons. The molecule has 0 saturated heterocycles. The van der Waals surface area contributed by atoms with Crippen LogP contribution in [0, 0.1) is 0 Å². The molecule has 0 heterocycles. The topological polar surface area (TPSA) is 66.4 Å². The number of aliphatic hydroxyl groups is 1. The third-order valence-electron chi connectivity index (χ3n) is 3.34. The highest BCUT2D eigenvalue weighted by atomic mass is 79.9. The Bertz CT molecular complexity index is 507. The maximum atomic E-state index is 12.2. The number of nitrogens with one attached hydrogen (secondary N) is 1. The van der Waals surface area contributed by atoms with Crippen molar-refractivity contribution in [2.45, 2.75) is 36.1 Å². The third kappa shape index (κ3) is 2.93. The van der Waals surface area contributed by atoms with E-state index >= 15 is 0 Å². The molecule has 0 unspecified atom stereocenters. The molecule has 0 spiro atoms. The lowest BCUT2D eigenvalue weighted by molar-refractivity contribution is 0.185. The second kappa shape index (κ2) is 5.28. The van der Waals surface area contributed by atoms with E-state index in [4.69, 9.17) is 0 Å². The van der Waals surface area contributed by atoms with Crippen LogP contribution >= 0.6 is 15.9 Å². The Hall–Kier alpha value is -0.430. The largest absolute Gasteiger partial charge is 0.394 e. The summed E-state index contributed by atoms with van der Waals surface area (Å²) in [4.78, 5) is 0.227. The van der Waals surface area contributed by atoms with Crippen LogP contribution in [0.1, 0.15) is 25.7 Å². The van der Waals surface area contributed by atoms with Crippen LogP contribution in [0.25, 0.3) is 0 Å². The first-order chi connectivity index (χ1) is 8.47. The molecule has 1 fully saturated rings.